The molecule has 0 saturated carbocycles. The van der Waals surface area contributed by atoms with Crippen LogP contribution in [0.5, 0.6) is 0 Å². The molecule has 182 valence electrons. The summed E-state index contributed by atoms with van der Waals surface area (Å²) in [5.41, 5.74) is 2.43. The van der Waals surface area contributed by atoms with Gasteiger partial charge < -0.3 is 10.6 Å². The van der Waals surface area contributed by atoms with Crippen LogP contribution in [-0.2, 0) is 9.59 Å². The van der Waals surface area contributed by atoms with Crippen LogP contribution in [0.1, 0.15) is 49.5 Å². The highest BCUT2D eigenvalue weighted by Crippen LogP contribution is 2.27. The molecule has 0 fully saturated rings. The lowest BCUT2D eigenvalue weighted by Crippen LogP contribution is -2.25. The first-order valence-electron chi connectivity index (χ1n) is 11.2. The average Bonchev–Trinajstić information content (AvgIpc) is 2.83. The zero-order valence-electron chi connectivity index (χ0n) is 20.0. The third-order valence-electron chi connectivity index (χ3n) is 5.16. The molecule has 0 aliphatic rings. The molecule has 1 heterocycles. The lowest BCUT2D eigenvalue weighted by molar-refractivity contribution is -0.116. The van der Waals surface area contributed by atoms with Crippen LogP contribution in [-0.4, -0.2) is 38.0 Å². The molecule has 2 amide bonds. The van der Waals surface area contributed by atoms with Crippen LogP contribution in [0.2, 0.25) is 0 Å². The second kappa shape index (κ2) is 11.6. The number of benzene rings is 2. The van der Waals surface area contributed by atoms with E-state index in [-0.39, 0.29) is 28.4 Å². The summed E-state index contributed by atoms with van der Waals surface area (Å²) < 4.78 is 0. The molecular formula is C25H27N5O4S. The molecule has 35 heavy (non-hydrogen) atoms. The highest BCUT2D eigenvalue weighted by Gasteiger charge is 2.21. The molecule has 3 aromatic rings. The van der Waals surface area contributed by atoms with E-state index in [4.69, 9.17) is 0 Å². The van der Waals surface area contributed by atoms with Crippen molar-refractivity contribution < 1.29 is 14.4 Å². The molecule has 1 unspecified atom stereocenters. The fraction of sp³-hybridized carbons (Fsp3) is 0.280. The Balaban J connectivity index is 1.81. The zero-order chi connectivity index (χ0) is 25.5. The summed E-state index contributed by atoms with van der Waals surface area (Å²) in [6.45, 7) is 6.92. The molecule has 1 atom stereocenters. The first-order chi connectivity index (χ1) is 16.7. The monoisotopic (exact) mass is 493 g/mol. The summed E-state index contributed by atoms with van der Waals surface area (Å²) in [7, 11) is 0. The SMILES string of the molecule is CCC(=O)Nc1ccc(C)cc1-c1nnc(SC(CC)C(=O)Nc2cccc(C(C)=O)c2)[nH]c1=O. The van der Waals surface area contributed by atoms with Crippen LogP contribution >= 0.6 is 11.8 Å². The Morgan fingerprint density at radius 1 is 1.06 bits per heavy atom. The maximum Gasteiger partial charge on any atom is 0.278 e. The number of aromatic amines is 1. The zero-order valence-corrected chi connectivity index (χ0v) is 20.8. The topological polar surface area (TPSA) is 134 Å². The normalized spacial score (nSPS) is 11.5. The van der Waals surface area contributed by atoms with E-state index < -0.39 is 10.8 Å². The van der Waals surface area contributed by atoms with E-state index in [9.17, 15) is 19.2 Å². The average molecular weight is 494 g/mol. The van der Waals surface area contributed by atoms with Crippen molar-refractivity contribution in [1.82, 2.24) is 15.2 Å². The van der Waals surface area contributed by atoms with Crippen LogP contribution in [0.3, 0.4) is 0 Å². The van der Waals surface area contributed by atoms with Gasteiger partial charge in [0.05, 0.1) is 10.9 Å². The van der Waals surface area contributed by atoms with Gasteiger partial charge in [-0.25, -0.2) is 0 Å². The molecule has 0 radical (unpaired) electrons. The number of aromatic nitrogens is 3. The molecule has 10 heteroatoms. The quantitative estimate of drug-likeness (QED) is 0.300. The molecular weight excluding hydrogens is 466 g/mol. The van der Waals surface area contributed by atoms with Crippen molar-refractivity contribution in [2.45, 2.75) is 50.9 Å². The van der Waals surface area contributed by atoms with E-state index in [1.165, 1.54) is 6.92 Å². The molecule has 0 saturated heterocycles. The summed E-state index contributed by atoms with van der Waals surface area (Å²) >= 11 is 1.09. The van der Waals surface area contributed by atoms with Gasteiger partial charge in [-0.15, -0.1) is 10.2 Å². The Kier molecular flexibility index (Phi) is 8.53. The van der Waals surface area contributed by atoms with Gasteiger partial charge in [-0.3, -0.25) is 24.2 Å². The second-order valence-corrected chi connectivity index (χ2v) is 9.09. The number of H-pyrrole nitrogens is 1. The lowest BCUT2D eigenvalue weighted by atomic mass is 10.1. The number of Topliss-reactive ketones (excluding diaryl/α,β-unsaturated/α-hetero) is 1. The van der Waals surface area contributed by atoms with Crippen molar-refractivity contribution in [3.05, 3.63) is 63.9 Å². The fourth-order valence-electron chi connectivity index (χ4n) is 3.25. The van der Waals surface area contributed by atoms with Gasteiger partial charge in [0.1, 0.15) is 0 Å². The summed E-state index contributed by atoms with van der Waals surface area (Å²) in [4.78, 5) is 51.9. The van der Waals surface area contributed by atoms with Crippen molar-refractivity contribution in [2.24, 2.45) is 0 Å². The fourth-order valence-corrected chi connectivity index (χ4v) is 4.09. The second-order valence-electron chi connectivity index (χ2n) is 7.90. The van der Waals surface area contributed by atoms with Gasteiger partial charge in [0.2, 0.25) is 11.8 Å². The van der Waals surface area contributed by atoms with Crippen molar-refractivity contribution in [3.8, 4) is 11.3 Å². The van der Waals surface area contributed by atoms with Crippen LogP contribution in [0, 0.1) is 6.92 Å². The Hall–Kier alpha value is -3.79. The van der Waals surface area contributed by atoms with Crippen molar-refractivity contribution >= 4 is 40.7 Å². The standard InChI is InChI=1S/C25H27N5O4S/c1-5-20(23(33)26-17-9-7-8-16(13-17)15(4)31)35-25-28-24(34)22(29-30-25)18-12-14(3)10-11-19(18)27-21(32)6-2/h7-13,20H,5-6H2,1-4H3,(H,26,33)(H,27,32)(H,28,30,34). The number of hydrogen-bond acceptors (Lipinski definition) is 7. The molecule has 2 aromatic carbocycles. The number of nitrogens with zero attached hydrogens (tertiary/aromatic N) is 2. The number of anilines is 2. The first-order valence-corrected chi connectivity index (χ1v) is 12.1. The summed E-state index contributed by atoms with van der Waals surface area (Å²) in [5.74, 6) is -0.563. The number of carbonyl (C=O) groups is 3. The Bertz CT molecular complexity index is 1320. The maximum atomic E-state index is 12.9. The van der Waals surface area contributed by atoms with E-state index in [0.717, 1.165) is 17.3 Å². The largest absolute Gasteiger partial charge is 0.325 e. The number of hydrogen-bond donors (Lipinski definition) is 3. The number of aryl methyl sites for hydroxylation is 1. The van der Waals surface area contributed by atoms with Crippen LogP contribution in [0.25, 0.3) is 11.3 Å². The predicted molar refractivity (Wildman–Crippen MR) is 137 cm³/mol. The highest BCUT2D eigenvalue weighted by molar-refractivity contribution is 8.00. The Morgan fingerprint density at radius 2 is 1.83 bits per heavy atom. The van der Waals surface area contributed by atoms with E-state index in [1.807, 2.05) is 19.9 Å². The minimum atomic E-state index is -0.551. The van der Waals surface area contributed by atoms with Crippen molar-refractivity contribution in [3.63, 3.8) is 0 Å². The van der Waals surface area contributed by atoms with E-state index in [2.05, 4.69) is 25.8 Å². The smallest absolute Gasteiger partial charge is 0.278 e. The molecule has 0 aliphatic heterocycles. The molecule has 0 bridgehead atoms. The van der Waals surface area contributed by atoms with Crippen LogP contribution in [0.15, 0.2) is 52.4 Å². The molecule has 0 aliphatic carbocycles. The number of amides is 2. The molecule has 3 N–H and O–H groups in total. The van der Waals surface area contributed by atoms with Gasteiger partial charge in [-0.2, -0.15) is 0 Å². The van der Waals surface area contributed by atoms with Gasteiger partial charge in [0.15, 0.2) is 16.6 Å². The number of rotatable bonds is 9. The number of ketones is 1. The Morgan fingerprint density at radius 3 is 2.49 bits per heavy atom. The third kappa shape index (κ3) is 6.63. The van der Waals surface area contributed by atoms with Gasteiger partial charge in [0.25, 0.3) is 5.56 Å². The number of carbonyl (C=O) groups excluding carboxylic acids is 3. The van der Waals surface area contributed by atoms with Gasteiger partial charge >= 0.3 is 0 Å². The number of thioether (sulfide) groups is 1. The predicted octanol–water partition coefficient (Wildman–Crippen LogP) is 4.20. The first kappa shape index (κ1) is 25.8. The van der Waals surface area contributed by atoms with Crippen molar-refractivity contribution in [1.29, 1.82) is 0 Å². The van der Waals surface area contributed by atoms with E-state index in [0.29, 0.717) is 35.3 Å². The van der Waals surface area contributed by atoms with Crippen molar-refractivity contribution in [2.75, 3.05) is 10.6 Å². The Labute approximate surface area is 207 Å². The third-order valence-corrected chi connectivity index (χ3v) is 6.39. The minimum absolute atomic E-state index is 0.0722. The van der Waals surface area contributed by atoms with Crippen LogP contribution in [0.4, 0.5) is 11.4 Å². The van der Waals surface area contributed by atoms with Gasteiger partial charge in [-0.05, 0) is 44.5 Å². The molecule has 1 aromatic heterocycles. The maximum absolute atomic E-state index is 12.9. The molecule has 9 nitrogen and oxygen atoms in total. The minimum Gasteiger partial charge on any atom is -0.325 e. The van der Waals surface area contributed by atoms with Crippen LogP contribution < -0.4 is 16.2 Å². The molecule has 3 rings (SSSR count). The number of nitrogens with one attached hydrogen (secondary N) is 3. The van der Waals surface area contributed by atoms with E-state index in [1.54, 1.807) is 43.3 Å². The summed E-state index contributed by atoms with van der Waals surface area (Å²) in [6.07, 6.45) is 0.768. The van der Waals surface area contributed by atoms with Gasteiger partial charge in [0, 0.05) is 23.2 Å². The highest BCUT2D eigenvalue weighted by atomic mass is 32.2. The summed E-state index contributed by atoms with van der Waals surface area (Å²) in [6, 6.07) is 12.0. The van der Waals surface area contributed by atoms with E-state index >= 15 is 0 Å². The summed E-state index contributed by atoms with van der Waals surface area (Å²) in [5, 5.41) is 13.5. The lowest BCUT2D eigenvalue weighted by Gasteiger charge is -2.14. The molecule has 0 spiro atoms. The van der Waals surface area contributed by atoms with Gasteiger partial charge in [-0.1, -0.05) is 49.4 Å².